The lowest BCUT2D eigenvalue weighted by atomic mass is 9.95. The standard InChI is InChI=1S/C14H20N2O3/c1-4-18-12(17)11-9-15-13(16-10(11)2)14(3)7-5-6-8-19-14/h9H,4-8H2,1-3H3. The first-order valence-corrected chi connectivity index (χ1v) is 6.72. The fraction of sp³-hybridized carbons (Fsp3) is 0.643. The van der Waals surface area contributed by atoms with Crippen LogP contribution in [0.3, 0.4) is 0 Å². The Bertz CT molecular complexity index is 468. The third-order valence-corrected chi connectivity index (χ3v) is 3.42. The molecule has 19 heavy (non-hydrogen) atoms. The van der Waals surface area contributed by atoms with Crippen LogP contribution in [0, 0.1) is 6.92 Å². The lowest BCUT2D eigenvalue weighted by Crippen LogP contribution is -2.32. The van der Waals surface area contributed by atoms with Crippen LogP contribution in [0.15, 0.2) is 6.20 Å². The van der Waals surface area contributed by atoms with Crippen molar-refractivity contribution in [1.82, 2.24) is 9.97 Å². The van der Waals surface area contributed by atoms with E-state index in [1.807, 2.05) is 6.92 Å². The van der Waals surface area contributed by atoms with Crippen LogP contribution in [0.2, 0.25) is 0 Å². The van der Waals surface area contributed by atoms with Crippen molar-refractivity contribution in [3.8, 4) is 0 Å². The summed E-state index contributed by atoms with van der Waals surface area (Å²) in [7, 11) is 0. The van der Waals surface area contributed by atoms with Gasteiger partial charge >= 0.3 is 5.97 Å². The minimum atomic E-state index is -0.434. The molecule has 1 saturated heterocycles. The molecule has 0 aliphatic carbocycles. The number of nitrogens with zero attached hydrogens (tertiary/aromatic N) is 2. The van der Waals surface area contributed by atoms with Gasteiger partial charge in [-0.2, -0.15) is 0 Å². The first-order valence-electron chi connectivity index (χ1n) is 6.72. The molecule has 0 aromatic carbocycles. The van der Waals surface area contributed by atoms with Gasteiger partial charge < -0.3 is 9.47 Å². The molecule has 5 nitrogen and oxygen atoms in total. The van der Waals surface area contributed by atoms with Gasteiger partial charge in [0.15, 0.2) is 5.82 Å². The van der Waals surface area contributed by atoms with Gasteiger partial charge in [0.25, 0.3) is 0 Å². The zero-order chi connectivity index (χ0) is 13.9. The van der Waals surface area contributed by atoms with Crippen LogP contribution in [0.5, 0.6) is 0 Å². The number of esters is 1. The van der Waals surface area contributed by atoms with E-state index in [2.05, 4.69) is 9.97 Å². The van der Waals surface area contributed by atoms with Gasteiger partial charge in [-0.15, -0.1) is 0 Å². The molecule has 0 bridgehead atoms. The lowest BCUT2D eigenvalue weighted by Gasteiger charge is -2.32. The molecule has 1 unspecified atom stereocenters. The van der Waals surface area contributed by atoms with Gasteiger partial charge in [0.1, 0.15) is 5.60 Å². The van der Waals surface area contributed by atoms with Gasteiger partial charge in [0.05, 0.1) is 17.9 Å². The Labute approximate surface area is 113 Å². The van der Waals surface area contributed by atoms with E-state index in [9.17, 15) is 4.79 Å². The molecule has 0 saturated carbocycles. The predicted octanol–water partition coefficient (Wildman–Crippen LogP) is 2.38. The van der Waals surface area contributed by atoms with Gasteiger partial charge in [-0.25, -0.2) is 14.8 Å². The topological polar surface area (TPSA) is 61.3 Å². The number of carbonyl (C=O) groups is 1. The Morgan fingerprint density at radius 2 is 2.32 bits per heavy atom. The average molecular weight is 264 g/mol. The minimum absolute atomic E-state index is 0.348. The fourth-order valence-corrected chi connectivity index (χ4v) is 2.24. The molecule has 1 aliphatic rings. The van der Waals surface area contributed by atoms with Crippen LogP contribution in [0.4, 0.5) is 0 Å². The normalized spacial score (nSPS) is 23.1. The van der Waals surface area contributed by atoms with Gasteiger partial charge in [-0.1, -0.05) is 0 Å². The van der Waals surface area contributed by atoms with Gasteiger partial charge in [0.2, 0.25) is 0 Å². The van der Waals surface area contributed by atoms with E-state index in [-0.39, 0.29) is 5.97 Å². The summed E-state index contributed by atoms with van der Waals surface area (Å²) >= 11 is 0. The monoisotopic (exact) mass is 264 g/mol. The molecule has 0 spiro atoms. The maximum Gasteiger partial charge on any atom is 0.341 e. The molecule has 1 aliphatic heterocycles. The number of rotatable bonds is 3. The molecule has 2 heterocycles. The molecular formula is C14H20N2O3. The van der Waals surface area contributed by atoms with Gasteiger partial charge in [-0.05, 0) is 40.0 Å². The zero-order valence-corrected chi connectivity index (χ0v) is 11.7. The highest BCUT2D eigenvalue weighted by Crippen LogP contribution is 2.32. The number of carbonyl (C=O) groups excluding carboxylic acids is 1. The van der Waals surface area contributed by atoms with Gasteiger partial charge in [-0.3, -0.25) is 0 Å². The molecule has 1 aromatic rings. The largest absolute Gasteiger partial charge is 0.462 e. The van der Waals surface area contributed by atoms with Crippen molar-refractivity contribution in [3.63, 3.8) is 0 Å². The summed E-state index contributed by atoms with van der Waals surface area (Å²) in [5.74, 6) is 0.277. The molecule has 5 heteroatoms. The number of aryl methyl sites for hydroxylation is 1. The first-order chi connectivity index (χ1) is 9.07. The maximum absolute atomic E-state index is 11.7. The summed E-state index contributed by atoms with van der Waals surface area (Å²) in [6.45, 7) is 6.66. The average Bonchev–Trinajstić information content (AvgIpc) is 2.39. The van der Waals surface area contributed by atoms with Crippen LogP contribution in [0.1, 0.15) is 55.0 Å². The molecule has 104 valence electrons. The van der Waals surface area contributed by atoms with Crippen LogP contribution < -0.4 is 0 Å². The second-order valence-corrected chi connectivity index (χ2v) is 4.95. The van der Waals surface area contributed by atoms with E-state index in [0.717, 1.165) is 25.9 Å². The van der Waals surface area contributed by atoms with Crippen LogP contribution >= 0.6 is 0 Å². The predicted molar refractivity (Wildman–Crippen MR) is 69.9 cm³/mol. The summed E-state index contributed by atoms with van der Waals surface area (Å²) in [6.07, 6.45) is 4.64. The van der Waals surface area contributed by atoms with E-state index >= 15 is 0 Å². The third kappa shape index (κ3) is 2.92. The number of hydrogen-bond acceptors (Lipinski definition) is 5. The number of aromatic nitrogens is 2. The maximum atomic E-state index is 11.7. The molecule has 0 N–H and O–H groups in total. The SMILES string of the molecule is CCOC(=O)c1cnc(C2(C)CCCCO2)nc1C. The fourth-order valence-electron chi connectivity index (χ4n) is 2.24. The summed E-state index contributed by atoms with van der Waals surface area (Å²) < 4.78 is 10.8. The van der Waals surface area contributed by atoms with Crippen molar-refractivity contribution in [2.24, 2.45) is 0 Å². The third-order valence-electron chi connectivity index (χ3n) is 3.42. The Hall–Kier alpha value is -1.49. The molecule has 2 rings (SSSR count). The van der Waals surface area contributed by atoms with E-state index in [4.69, 9.17) is 9.47 Å². The Morgan fingerprint density at radius 3 is 2.89 bits per heavy atom. The summed E-state index contributed by atoms with van der Waals surface area (Å²) in [5.41, 5.74) is 0.625. The Morgan fingerprint density at radius 1 is 1.53 bits per heavy atom. The molecule has 1 fully saturated rings. The second-order valence-electron chi connectivity index (χ2n) is 4.95. The minimum Gasteiger partial charge on any atom is -0.462 e. The highest BCUT2D eigenvalue weighted by atomic mass is 16.5. The highest BCUT2D eigenvalue weighted by Gasteiger charge is 2.33. The molecule has 0 amide bonds. The van der Waals surface area contributed by atoms with Crippen molar-refractivity contribution in [2.75, 3.05) is 13.2 Å². The highest BCUT2D eigenvalue weighted by molar-refractivity contribution is 5.90. The number of ether oxygens (including phenoxy) is 2. The smallest absolute Gasteiger partial charge is 0.341 e. The first kappa shape index (κ1) is 13.9. The summed E-state index contributed by atoms with van der Waals surface area (Å²) in [6, 6.07) is 0. The molecule has 0 radical (unpaired) electrons. The molecule has 1 aromatic heterocycles. The summed E-state index contributed by atoms with van der Waals surface area (Å²) in [4.78, 5) is 20.4. The summed E-state index contributed by atoms with van der Waals surface area (Å²) in [5, 5.41) is 0. The van der Waals surface area contributed by atoms with Crippen LogP contribution in [-0.2, 0) is 15.1 Å². The second kappa shape index (κ2) is 5.65. The van der Waals surface area contributed by atoms with E-state index in [1.54, 1.807) is 20.0 Å². The van der Waals surface area contributed by atoms with E-state index in [0.29, 0.717) is 23.7 Å². The van der Waals surface area contributed by atoms with Crippen molar-refractivity contribution < 1.29 is 14.3 Å². The van der Waals surface area contributed by atoms with Crippen molar-refractivity contribution in [3.05, 3.63) is 23.3 Å². The number of hydrogen-bond donors (Lipinski definition) is 0. The Kier molecular flexibility index (Phi) is 4.14. The van der Waals surface area contributed by atoms with Gasteiger partial charge in [0, 0.05) is 12.8 Å². The Balaban J connectivity index is 2.25. The molecular weight excluding hydrogens is 244 g/mol. The van der Waals surface area contributed by atoms with E-state index in [1.165, 1.54) is 0 Å². The van der Waals surface area contributed by atoms with Crippen molar-refractivity contribution in [1.29, 1.82) is 0 Å². The lowest BCUT2D eigenvalue weighted by molar-refractivity contribution is -0.0761. The van der Waals surface area contributed by atoms with Crippen molar-refractivity contribution >= 4 is 5.97 Å². The molecule has 1 atom stereocenters. The quantitative estimate of drug-likeness (QED) is 0.784. The zero-order valence-electron chi connectivity index (χ0n) is 11.7. The van der Waals surface area contributed by atoms with Crippen LogP contribution in [-0.4, -0.2) is 29.2 Å². The van der Waals surface area contributed by atoms with Crippen molar-refractivity contribution in [2.45, 2.75) is 45.6 Å². The van der Waals surface area contributed by atoms with Crippen LogP contribution in [0.25, 0.3) is 0 Å². The van der Waals surface area contributed by atoms with E-state index < -0.39 is 5.60 Å².